The van der Waals surface area contributed by atoms with E-state index in [0.29, 0.717) is 25.3 Å². The Morgan fingerprint density at radius 3 is 2.48 bits per heavy atom. The minimum atomic E-state index is -0.0481. The number of nitrogens with zero attached hydrogens (tertiary/aromatic N) is 2. The van der Waals surface area contributed by atoms with Crippen molar-refractivity contribution in [1.29, 1.82) is 0 Å². The summed E-state index contributed by atoms with van der Waals surface area (Å²) in [5.74, 6) is -0.0481. The van der Waals surface area contributed by atoms with Crippen molar-refractivity contribution in [2.75, 3.05) is 6.54 Å². The van der Waals surface area contributed by atoms with Crippen molar-refractivity contribution in [3.05, 3.63) is 65.0 Å². The number of benzene rings is 1. The zero-order valence-electron chi connectivity index (χ0n) is 12.5. The zero-order chi connectivity index (χ0) is 15.2. The number of pyridine rings is 1. The summed E-state index contributed by atoms with van der Waals surface area (Å²) in [6.45, 7) is 5.52. The van der Waals surface area contributed by atoms with E-state index in [9.17, 15) is 4.79 Å². The second kappa shape index (κ2) is 6.99. The molecule has 4 nitrogen and oxygen atoms in total. The number of aromatic nitrogens is 1. The maximum Gasteiger partial charge on any atom is 0.272 e. The van der Waals surface area contributed by atoms with Crippen molar-refractivity contribution in [1.82, 2.24) is 9.88 Å². The first-order chi connectivity index (χ1) is 10.2. The van der Waals surface area contributed by atoms with E-state index < -0.39 is 0 Å². The molecule has 0 unspecified atom stereocenters. The smallest absolute Gasteiger partial charge is 0.272 e. The number of carbonyl (C=O) groups excluding carboxylic acids is 1. The van der Waals surface area contributed by atoms with Crippen molar-refractivity contribution in [3.8, 4) is 0 Å². The molecule has 1 amide bonds. The first-order valence-corrected chi connectivity index (χ1v) is 7.15. The molecule has 21 heavy (non-hydrogen) atoms. The van der Waals surface area contributed by atoms with Gasteiger partial charge in [-0.1, -0.05) is 30.3 Å². The fourth-order valence-electron chi connectivity index (χ4n) is 2.27. The molecule has 0 saturated carbocycles. The highest BCUT2D eigenvalue weighted by Gasteiger charge is 2.16. The van der Waals surface area contributed by atoms with E-state index in [0.717, 1.165) is 16.8 Å². The lowest BCUT2D eigenvalue weighted by Crippen LogP contribution is -2.31. The van der Waals surface area contributed by atoms with Gasteiger partial charge in [-0.2, -0.15) is 0 Å². The van der Waals surface area contributed by atoms with Crippen LogP contribution in [0.2, 0.25) is 0 Å². The summed E-state index contributed by atoms with van der Waals surface area (Å²) >= 11 is 0. The minimum absolute atomic E-state index is 0.0481. The molecule has 0 aliphatic heterocycles. The second-order valence-electron chi connectivity index (χ2n) is 4.96. The summed E-state index contributed by atoms with van der Waals surface area (Å²) < 4.78 is 0. The van der Waals surface area contributed by atoms with Gasteiger partial charge in [-0.15, -0.1) is 0 Å². The van der Waals surface area contributed by atoms with Crippen LogP contribution in [0.1, 0.15) is 34.2 Å². The Bertz CT molecular complexity index is 625. The number of hydrogen-bond donors (Lipinski definition) is 1. The minimum Gasteiger partial charge on any atom is -0.333 e. The third kappa shape index (κ3) is 3.67. The summed E-state index contributed by atoms with van der Waals surface area (Å²) in [5.41, 5.74) is 9.25. The molecule has 0 aliphatic rings. The van der Waals surface area contributed by atoms with Gasteiger partial charge < -0.3 is 10.6 Å². The molecule has 0 aliphatic carbocycles. The fourth-order valence-corrected chi connectivity index (χ4v) is 2.27. The Balaban J connectivity index is 2.22. The largest absolute Gasteiger partial charge is 0.333 e. The molecule has 0 bridgehead atoms. The second-order valence-corrected chi connectivity index (χ2v) is 4.96. The third-order valence-electron chi connectivity index (χ3n) is 3.48. The normalized spacial score (nSPS) is 10.4. The van der Waals surface area contributed by atoms with Crippen LogP contribution >= 0.6 is 0 Å². The zero-order valence-corrected chi connectivity index (χ0v) is 12.5. The average Bonchev–Trinajstić information content (AvgIpc) is 2.52. The van der Waals surface area contributed by atoms with Gasteiger partial charge in [0.05, 0.1) is 0 Å². The van der Waals surface area contributed by atoms with E-state index in [1.54, 1.807) is 11.0 Å². The van der Waals surface area contributed by atoms with Crippen LogP contribution in [-0.2, 0) is 13.1 Å². The molecular formula is C17H21N3O. The monoisotopic (exact) mass is 283 g/mol. The SMILES string of the molecule is CCN(Cc1ccccc1CN)C(=O)c1cccc(C)n1. The van der Waals surface area contributed by atoms with Gasteiger partial charge in [0.15, 0.2) is 0 Å². The van der Waals surface area contributed by atoms with Crippen LogP contribution in [0.3, 0.4) is 0 Å². The van der Waals surface area contributed by atoms with Crippen LogP contribution in [0.15, 0.2) is 42.5 Å². The van der Waals surface area contributed by atoms with Crippen LogP contribution < -0.4 is 5.73 Å². The number of carbonyl (C=O) groups is 1. The number of hydrogen-bond acceptors (Lipinski definition) is 3. The molecular weight excluding hydrogens is 262 g/mol. The van der Waals surface area contributed by atoms with E-state index in [2.05, 4.69) is 4.98 Å². The predicted molar refractivity (Wildman–Crippen MR) is 83.7 cm³/mol. The Hall–Kier alpha value is -2.20. The summed E-state index contributed by atoms with van der Waals surface area (Å²) in [6, 6.07) is 13.4. The van der Waals surface area contributed by atoms with E-state index in [4.69, 9.17) is 5.73 Å². The predicted octanol–water partition coefficient (Wildman–Crippen LogP) is 2.51. The number of amides is 1. The van der Waals surface area contributed by atoms with Gasteiger partial charge in [0, 0.05) is 25.3 Å². The first-order valence-electron chi connectivity index (χ1n) is 7.15. The number of rotatable bonds is 5. The molecule has 2 N–H and O–H groups in total. The van der Waals surface area contributed by atoms with Crippen LogP contribution in [0, 0.1) is 6.92 Å². The molecule has 0 atom stereocenters. The maximum atomic E-state index is 12.6. The highest BCUT2D eigenvalue weighted by atomic mass is 16.2. The molecule has 0 saturated heterocycles. The third-order valence-corrected chi connectivity index (χ3v) is 3.48. The van der Waals surface area contributed by atoms with Gasteiger partial charge in [-0.05, 0) is 37.1 Å². The molecule has 4 heteroatoms. The van der Waals surface area contributed by atoms with Gasteiger partial charge in [-0.3, -0.25) is 4.79 Å². The van der Waals surface area contributed by atoms with Gasteiger partial charge in [0.2, 0.25) is 0 Å². The molecule has 1 aromatic heterocycles. The van der Waals surface area contributed by atoms with Gasteiger partial charge >= 0.3 is 0 Å². The van der Waals surface area contributed by atoms with Gasteiger partial charge in [-0.25, -0.2) is 4.98 Å². The van der Waals surface area contributed by atoms with Gasteiger partial charge in [0.25, 0.3) is 5.91 Å². The van der Waals surface area contributed by atoms with E-state index >= 15 is 0 Å². The molecule has 0 spiro atoms. The van der Waals surface area contributed by atoms with Crippen LogP contribution in [0.4, 0.5) is 0 Å². The molecule has 2 aromatic rings. The van der Waals surface area contributed by atoms with Crippen LogP contribution in [-0.4, -0.2) is 22.3 Å². The number of aryl methyl sites for hydroxylation is 1. The molecule has 2 rings (SSSR count). The van der Waals surface area contributed by atoms with E-state index in [1.165, 1.54) is 0 Å². The topological polar surface area (TPSA) is 59.2 Å². The summed E-state index contributed by atoms with van der Waals surface area (Å²) in [7, 11) is 0. The molecule has 1 aromatic carbocycles. The average molecular weight is 283 g/mol. The summed E-state index contributed by atoms with van der Waals surface area (Å²) in [5, 5.41) is 0. The molecule has 110 valence electrons. The Kier molecular flexibility index (Phi) is 5.06. The lowest BCUT2D eigenvalue weighted by molar-refractivity contribution is 0.0746. The standard InChI is InChI=1S/C17H21N3O/c1-3-20(12-15-9-5-4-8-14(15)11-18)17(21)16-10-6-7-13(2)19-16/h4-10H,3,11-12,18H2,1-2H3. The van der Waals surface area contributed by atoms with Crippen molar-refractivity contribution < 1.29 is 4.79 Å². The van der Waals surface area contributed by atoms with Crippen LogP contribution in [0.25, 0.3) is 0 Å². The lowest BCUT2D eigenvalue weighted by Gasteiger charge is -2.22. The Labute approximate surface area is 125 Å². The maximum absolute atomic E-state index is 12.6. The Morgan fingerprint density at radius 1 is 1.14 bits per heavy atom. The molecule has 0 fully saturated rings. The fraction of sp³-hybridized carbons (Fsp3) is 0.294. The van der Waals surface area contributed by atoms with Crippen molar-refractivity contribution >= 4 is 5.91 Å². The Morgan fingerprint density at radius 2 is 1.86 bits per heavy atom. The van der Waals surface area contributed by atoms with Crippen LogP contribution in [0.5, 0.6) is 0 Å². The summed E-state index contributed by atoms with van der Waals surface area (Å²) in [4.78, 5) is 18.7. The number of nitrogens with two attached hydrogens (primary N) is 1. The van der Waals surface area contributed by atoms with E-state index in [-0.39, 0.29) is 5.91 Å². The van der Waals surface area contributed by atoms with Crippen molar-refractivity contribution in [3.63, 3.8) is 0 Å². The highest BCUT2D eigenvalue weighted by Crippen LogP contribution is 2.13. The molecule has 1 heterocycles. The molecule has 0 radical (unpaired) electrons. The first kappa shape index (κ1) is 15.2. The quantitative estimate of drug-likeness (QED) is 0.917. The lowest BCUT2D eigenvalue weighted by atomic mass is 10.1. The summed E-state index contributed by atoms with van der Waals surface area (Å²) in [6.07, 6.45) is 0. The van der Waals surface area contributed by atoms with Crippen molar-refractivity contribution in [2.24, 2.45) is 5.73 Å². The van der Waals surface area contributed by atoms with Gasteiger partial charge in [0.1, 0.15) is 5.69 Å². The van der Waals surface area contributed by atoms with E-state index in [1.807, 2.05) is 50.2 Å². The van der Waals surface area contributed by atoms with Crippen molar-refractivity contribution in [2.45, 2.75) is 26.9 Å². The highest BCUT2D eigenvalue weighted by molar-refractivity contribution is 5.92.